The van der Waals surface area contributed by atoms with E-state index in [2.05, 4.69) is 21.2 Å². The molecule has 6 rings (SSSR count). The zero-order valence-corrected chi connectivity index (χ0v) is 19.8. The van der Waals surface area contributed by atoms with Gasteiger partial charge in [0.2, 0.25) is 11.9 Å². The standard InChI is InChI=1S/C24H26ClN5O2S/c25-19-4-2-1-3-17(19)18-13-33-23-21(18)22(30-15-5-6-16(30)12-32-11-15)27-24(28-23)29-8-7-14(10-29)9-20(26)31/h1-4,13-16H,5-12H2,(H2,26,31). The molecular formula is C24H26ClN5O2S. The van der Waals surface area contributed by atoms with Gasteiger partial charge in [0.15, 0.2) is 0 Å². The summed E-state index contributed by atoms with van der Waals surface area (Å²) in [6.07, 6.45) is 3.57. The molecule has 3 unspecified atom stereocenters. The van der Waals surface area contributed by atoms with E-state index in [4.69, 9.17) is 32.0 Å². The monoisotopic (exact) mass is 483 g/mol. The fraction of sp³-hybridized carbons (Fsp3) is 0.458. The van der Waals surface area contributed by atoms with Gasteiger partial charge in [-0.25, -0.2) is 4.98 Å². The number of thiophene rings is 1. The largest absolute Gasteiger partial charge is 0.377 e. The van der Waals surface area contributed by atoms with Crippen LogP contribution in [0.4, 0.5) is 11.8 Å². The van der Waals surface area contributed by atoms with Gasteiger partial charge in [0.1, 0.15) is 10.6 Å². The highest BCUT2D eigenvalue weighted by atomic mass is 35.5. The van der Waals surface area contributed by atoms with E-state index in [1.165, 1.54) is 0 Å². The molecule has 1 amide bonds. The van der Waals surface area contributed by atoms with Crippen LogP contribution in [0.2, 0.25) is 5.02 Å². The first kappa shape index (κ1) is 21.1. The average Bonchev–Trinajstić information content (AvgIpc) is 3.49. The summed E-state index contributed by atoms with van der Waals surface area (Å²) in [5.41, 5.74) is 7.53. The van der Waals surface area contributed by atoms with Crippen LogP contribution in [0.5, 0.6) is 0 Å². The number of hydrogen-bond acceptors (Lipinski definition) is 7. The number of fused-ring (bicyclic) bond motifs is 3. The van der Waals surface area contributed by atoms with Crippen molar-refractivity contribution in [1.29, 1.82) is 0 Å². The Morgan fingerprint density at radius 2 is 1.94 bits per heavy atom. The van der Waals surface area contributed by atoms with Crippen LogP contribution in [-0.4, -0.2) is 54.3 Å². The highest BCUT2D eigenvalue weighted by molar-refractivity contribution is 7.17. The SMILES string of the molecule is NC(=O)CC1CCN(c2nc(N3C4CCC3COC4)c3c(-c4ccccc4Cl)csc3n2)C1. The highest BCUT2D eigenvalue weighted by Gasteiger charge is 2.40. The molecule has 2 aromatic heterocycles. The van der Waals surface area contributed by atoms with E-state index in [1.807, 2.05) is 18.2 Å². The van der Waals surface area contributed by atoms with Crippen molar-refractivity contribution in [3.63, 3.8) is 0 Å². The number of benzene rings is 1. The van der Waals surface area contributed by atoms with Crippen LogP contribution in [-0.2, 0) is 9.53 Å². The predicted molar refractivity (Wildman–Crippen MR) is 132 cm³/mol. The summed E-state index contributed by atoms with van der Waals surface area (Å²) in [5, 5.41) is 3.95. The maximum Gasteiger partial charge on any atom is 0.228 e. The van der Waals surface area contributed by atoms with Crippen LogP contribution >= 0.6 is 22.9 Å². The van der Waals surface area contributed by atoms with Crippen LogP contribution in [0.15, 0.2) is 29.6 Å². The minimum absolute atomic E-state index is 0.244. The Labute approximate surface area is 201 Å². The van der Waals surface area contributed by atoms with Crippen LogP contribution in [0.1, 0.15) is 25.7 Å². The fourth-order valence-corrected chi connectivity index (χ4v) is 6.72. The molecule has 2 N–H and O–H groups in total. The van der Waals surface area contributed by atoms with Crippen molar-refractivity contribution < 1.29 is 9.53 Å². The summed E-state index contributed by atoms with van der Waals surface area (Å²) < 4.78 is 5.86. The maximum atomic E-state index is 11.4. The fourth-order valence-electron chi connectivity index (χ4n) is 5.56. The lowest BCUT2D eigenvalue weighted by atomic mass is 10.1. The third kappa shape index (κ3) is 3.74. The van der Waals surface area contributed by atoms with Crippen molar-refractivity contribution in [2.45, 2.75) is 37.8 Å². The van der Waals surface area contributed by atoms with Crippen molar-refractivity contribution in [1.82, 2.24) is 9.97 Å². The van der Waals surface area contributed by atoms with Gasteiger partial charge in [0.25, 0.3) is 0 Å². The van der Waals surface area contributed by atoms with Gasteiger partial charge in [-0.1, -0.05) is 29.8 Å². The minimum Gasteiger partial charge on any atom is -0.377 e. The summed E-state index contributed by atoms with van der Waals surface area (Å²) in [4.78, 5) is 27.2. The van der Waals surface area contributed by atoms with E-state index >= 15 is 0 Å². The molecule has 0 radical (unpaired) electrons. The molecular weight excluding hydrogens is 458 g/mol. The molecule has 3 aromatic rings. The van der Waals surface area contributed by atoms with Crippen LogP contribution in [0, 0.1) is 5.92 Å². The minimum atomic E-state index is -0.244. The number of primary amides is 1. The van der Waals surface area contributed by atoms with Gasteiger partial charge in [0.05, 0.1) is 30.7 Å². The molecule has 3 aliphatic heterocycles. The third-order valence-corrected chi connectivity index (χ3v) is 8.31. The van der Waals surface area contributed by atoms with Crippen LogP contribution in [0.25, 0.3) is 21.3 Å². The number of nitrogens with zero attached hydrogens (tertiary/aromatic N) is 4. The second-order valence-corrected chi connectivity index (χ2v) is 10.5. The highest BCUT2D eigenvalue weighted by Crippen LogP contribution is 2.45. The number of ether oxygens (including phenoxy) is 1. The molecule has 2 bridgehead atoms. The van der Waals surface area contributed by atoms with Gasteiger partial charge in [-0.05, 0) is 31.2 Å². The van der Waals surface area contributed by atoms with Crippen LogP contribution < -0.4 is 15.5 Å². The number of halogens is 1. The summed E-state index contributed by atoms with van der Waals surface area (Å²) in [6, 6.07) is 8.61. The molecule has 0 spiro atoms. The summed E-state index contributed by atoms with van der Waals surface area (Å²) in [7, 11) is 0. The lowest BCUT2D eigenvalue weighted by molar-refractivity contribution is -0.118. The number of hydrogen-bond donors (Lipinski definition) is 1. The van der Waals surface area contributed by atoms with Crippen molar-refractivity contribution >= 4 is 50.8 Å². The van der Waals surface area contributed by atoms with Crippen molar-refractivity contribution in [3.05, 3.63) is 34.7 Å². The van der Waals surface area contributed by atoms with E-state index in [-0.39, 0.29) is 11.8 Å². The molecule has 3 aliphatic rings. The van der Waals surface area contributed by atoms with Gasteiger partial charge in [-0.3, -0.25) is 4.79 Å². The Morgan fingerprint density at radius 3 is 2.70 bits per heavy atom. The molecule has 1 aromatic carbocycles. The Balaban J connectivity index is 1.48. The number of anilines is 2. The van der Waals surface area contributed by atoms with E-state index in [0.29, 0.717) is 18.5 Å². The van der Waals surface area contributed by atoms with E-state index in [9.17, 15) is 4.79 Å². The maximum absolute atomic E-state index is 11.4. The number of rotatable bonds is 5. The van der Waals surface area contributed by atoms with E-state index in [1.54, 1.807) is 11.3 Å². The molecule has 172 valence electrons. The number of carbonyl (C=O) groups excluding carboxylic acids is 1. The smallest absolute Gasteiger partial charge is 0.228 e. The number of morpholine rings is 1. The summed E-state index contributed by atoms with van der Waals surface area (Å²) >= 11 is 8.24. The van der Waals surface area contributed by atoms with Crippen LogP contribution in [0.3, 0.4) is 0 Å². The Bertz CT molecular complexity index is 1200. The molecule has 7 nitrogen and oxygen atoms in total. The van der Waals surface area contributed by atoms with Crippen molar-refractivity contribution in [2.24, 2.45) is 11.7 Å². The van der Waals surface area contributed by atoms with E-state index < -0.39 is 0 Å². The van der Waals surface area contributed by atoms with Gasteiger partial charge < -0.3 is 20.3 Å². The Hall–Kier alpha value is -2.42. The topological polar surface area (TPSA) is 84.6 Å². The first-order valence-corrected chi connectivity index (χ1v) is 12.8. The molecule has 9 heteroatoms. The van der Waals surface area contributed by atoms with E-state index in [0.717, 1.165) is 83.7 Å². The first-order valence-electron chi connectivity index (χ1n) is 11.5. The number of nitrogens with two attached hydrogens (primary N) is 1. The Morgan fingerprint density at radius 1 is 1.15 bits per heavy atom. The zero-order valence-electron chi connectivity index (χ0n) is 18.2. The second-order valence-electron chi connectivity index (χ2n) is 9.26. The van der Waals surface area contributed by atoms with Gasteiger partial charge in [-0.15, -0.1) is 11.3 Å². The number of carbonyl (C=O) groups is 1. The number of aromatic nitrogens is 2. The molecule has 3 fully saturated rings. The molecule has 33 heavy (non-hydrogen) atoms. The average molecular weight is 484 g/mol. The third-order valence-electron chi connectivity index (χ3n) is 7.11. The molecule has 0 aliphatic carbocycles. The van der Waals surface area contributed by atoms with Crippen molar-refractivity contribution in [3.8, 4) is 11.1 Å². The van der Waals surface area contributed by atoms with Gasteiger partial charge in [-0.2, -0.15) is 4.98 Å². The summed E-state index contributed by atoms with van der Waals surface area (Å²) in [6.45, 7) is 3.05. The summed E-state index contributed by atoms with van der Waals surface area (Å²) in [5.74, 6) is 1.74. The lowest BCUT2D eigenvalue weighted by Crippen LogP contribution is -2.46. The van der Waals surface area contributed by atoms with Gasteiger partial charge >= 0.3 is 0 Å². The van der Waals surface area contributed by atoms with Crippen molar-refractivity contribution in [2.75, 3.05) is 36.1 Å². The second kappa shape index (κ2) is 8.42. The zero-order chi connectivity index (χ0) is 22.5. The Kier molecular flexibility index (Phi) is 5.39. The molecule has 3 atom stereocenters. The van der Waals surface area contributed by atoms with Gasteiger partial charge in [0, 0.05) is 41.0 Å². The quantitative estimate of drug-likeness (QED) is 0.588. The lowest BCUT2D eigenvalue weighted by Gasteiger charge is -2.36. The molecule has 3 saturated heterocycles. The number of amides is 1. The molecule has 0 saturated carbocycles. The normalized spacial score (nSPS) is 24.7. The first-order chi connectivity index (χ1) is 16.1. The molecule has 5 heterocycles. The predicted octanol–water partition coefficient (Wildman–Crippen LogP) is 4.08.